The van der Waals surface area contributed by atoms with Crippen LogP contribution in [0.5, 0.6) is 0 Å². The van der Waals surface area contributed by atoms with Crippen LogP contribution in [-0.4, -0.2) is 34.7 Å². The quantitative estimate of drug-likeness (QED) is 0.480. The fraction of sp³-hybridized carbons (Fsp3) is 0.600. The van der Waals surface area contributed by atoms with E-state index in [1.165, 1.54) is 43.4 Å². The van der Waals surface area contributed by atoms with E-state index < -0.39 is 11.6 Å². The topological polar surface area (TPSA) is 80.6 Å². The van der Waals surface area contributed by atoms with Crippen molar-refractivity contribution in [3.8, 4) is 11.1 Å². The lowest BCUT2D eigenvalue weighted by Gasteiger charge is -2.32. The van der Waals surface area contributed by atoms with Gasteiger partial charge in [0, 0.05) is 31.5 Å². The largest absolute Gasteiger partial charge is 0.481 e. The maximum atomic E-state index is 13.3. The van der Waals surface area contributed by atoms with Gasteiger partial charge in [-0.05, 0) is 86.1 Å². The monoisotopic (exact) mass is 492 g/mol. The maximum Gasteiger partial charge on any atom is 0.306 e. The molecule has 5 rings (SSSR count). The van der Waals surface area contributed by atoms with Crippen molar-refractivity contribution < 1.29 is 19.4 Å². The molecule has 1 amide bonds. The number of benzene rings is 1. The number of ether oxygens (including phenoxy) is 1. The number of aliphatic carboxylic acids is 1. The Morgan fingerprint density at radius 3 is 2.42 bits per heavy atom. The molecule has 0 bridgehead atoms. The number of carboxylic acid groups (broad SMARTS) is 1. The van der Waals surface area contributed by atoms with Gasteiger partial charge in [0.2, 0.25) is 0 Å². The zero-order chi connectivity index (χ0) is 25.8. The minimum atomic E-state index is -0.775. The molecule has 6 nitrogen and oxygen atoms in total. The van der Waals surface area contributed by atoms with Crippen molar-refractivity contribution in [3.05, 3.63) is 46.8 Å². The Morgan fingerprint density at radius 1 is 1.17 bits per heavy atom. The third-order valence-corrected chi connectivity index (χ3v) is 9.27. The maximum absolute atomic E-state index is 13.3. The number of hydrogen-bond acceptors (Lipinski definition) is 3. The van der Waals surface area contributed by atoms with Gasteiger partial charge in [-0.15, -0.1) is 0 Å². The van der Waals surface area contributed by atoms with Gasteiger partial charge in [-0.2, -0.15) is 0 Å². The first-order valence-electron chi connectivity index (χ1n) is 13.4. The summed E-state index contributed by atoms with van der Waals surface area (Å²) in [7, 11) is 3.76. The van der Waals surface area contributed by atoms with Gasteiger partial charge >= 0.3 is 5.97 Å². The number of carbonyl (C=O) groups is 2. The number of nitrogens with one attached hydrogen (secondary N) is 1. The number of carbonyl (C=O) groups excluding carboxylic acids is 1. The van der Waals surface area contributed by atoms with Crippen LogP contribution in [0.3, 0.4) is 0 Å². The van der Waals surface area contributed by atoms with Gasteiger partial charge in [-0.25, -0.2) is 0 Å². The molecule has 194 valence electrons. The van der Waals surface area contributed by atoms with Crippen LogP contribution in [0.1, 0.15) is 93.0 Å². The first-order chi connectivity index (χ1) is 17.0. The summed E-state index contributed by atoms with van der Waals surface area (Å²) in [4.78, 5) is 24.5. The van der Waals surface area contributed by atoms with Crippen molar-refractivity contribution in [2.24, 2.45) is 18.9 Å². The van der Waals surface area contributed by atoms with Crippen LogP contribution in [0, 0.1) is 11.8 Å². The molecule has 1 aromatic heterocycles. The van der Waals surface area contributed by atoms with E-state index in [1.807, 2.05) is 7.05 Å². The van der Waals surface area contributed by atoms with Gasteiger partial charge in [0.15, 0.2) is 0 Å². The first kappa shape index (κ1) is 25.1. The molecule has 0 spiro atoms. The van der Waals surface area contributed by atoms with Gasteiger partial charge < -0.3 is 19.7 Å². The van der Waals surface area contributed by atoms with Crippen LogP contribution in [0.2, 0.25) is 0 Å². The zero-order valence-electron chi connectivity index (χ0n) is 22.3. The molecule has 3 aliphatic carbocycles. The Labute approximate surface area is 214 Å². The Bertz CT molecular complexity index is 1180. The SMILES string of the molecule is COC(C)(C)c1cc(-c2cc(C(=O)NC3CC(C(=O)O)C3)n(C)c2CC2CCC2)cc(C2(C)CC2)c1. The van der Waals surface area contributed by atoms with Crippen LogP contribution >= 0.6 is 0 Å². The van der Waals surface area contributed by atoms with Crippen molar-refractivity contribution in [2.45, 2.75) is 89.2 Å². The van der Waals surface area contributed by atoms with E-state index >= 15 is 0 Å². The second kappa shape index (κ2) is 9.05. The summed E-state index contributed by atoms with van der Waals surface area (Å²) in [6.07, 6.45) is 8.12. The molecule has 0 atom stereocenters. The first-order valence-corrected chi connectivity index (χ1v) is 13.4. The average molecular weight is 493 g/mol. The molecule has 36 heavy (non-hydrogen) atoms. The summed E-state index contributed by atoms with van der Waals surface area (Å²) in [6, 6.07) is 8.85. The molecule has 0 saturated heterocycles. The zero-order valence-corrected chi connectivity index (χ0v) is 22.3. The Kier molecular flexibility index (Phi) is 6.30. The Hall–Kier alpha value is -2.60. The van der Waals surface area contributed by atoms with E-state index in [-0.39, 0.29) is 23.3 Å². The minimum Gasteiger partial charge on any atom is -0.481 e. The van der Waals surface area contributed by atoms with E-state index in [4.69, 9.17) is 4.74 Å². The Morgan fingerprint density at radius 2 is 1.86 bits per heavy atom. The van der Waals surface area contributed by atoms with E-state index in [0.29, 0.717) is 24.5 Å². The standard InChI is InChI=1S/C30H40N2O4/c1-29(2,36-5)21-12-19(13-22(16-21)30(3)9-10-30)24-17-26(32(4)25(24)11-18-7-6-8-18)27(33)31-23-14-20(15-23)28(34)35/h12-13,16-18,20,23H,6-11,14-15H2,1-5H3,(H,31,33)(H,34,35). The highest BCUT2D eigenvalue weighted by molar-refractivity contribution is 5.95. The number of amides is 1. The van der Waals surface area contributed by atoms with E-state index in [9.17, 15) is 14.7 Å². The van der Waals surface area contributed by atoms with Crippen LogP contribution in [-0.2, 0) is 34.0 Å². The molecule has 3 aliphatic rings. The number of methoxy groups -OCH3 is 1. The molecule has 0 aliphatic heterocycles. The number of carboxylic acids is 1. The molecule has 2 aromatic rings. The molecule has 3 saturated carbocycles. The van der Waals surface area contributed by atoms with Crippen LogP contribution in [0.25, 0.3) is 11.1 Å². The van der Waals surface area contributed by atoms with Gasteiger partial charge in [-0.1, -0.05) is 38.3 Å². The van der Waals surface area contributed by atoms with Crippen molar-refractivity contribution in [1.82, 2.24) is 9.88 Å². The predicted octanol–water partition coefficient (Wildman–Crippen LogP) is 5.56. The normalized spacial score (nSPS) is 23.0. The number of aromatic nitrogens is 1. The van der Waals surface area contributed by atoms with Crippen LogP contribution in [0.15, 0.2) is 24.3 Å². The molecular formula is C30H40N2O4. The second-order valence-corrected chi connectivity index (χ2v) is 12.2. The number of rotatable bonds is 9. The minimum absolute atomic E-state index is 0.0701. The lowest BCUT2D eigenvalue weighted by atomic mass is 9.80. The van der Waals surface area contributed by atoms with Gasteiger partial charge in [0.05, 0.1) is 11.5 Å². The van der Waals surface area contributed by atoms with E-state index in [2.05, 4.69) is 54.9 Å². The molecule has 2 N–H and O–H groups in total. The fourth-order valence-corrected chi connectivity index (χ4v) is 5.60. The third-order valence-electron chi connectivity index (χ3n) is 9.27. The summed E-state index contributed by atoms with van der Waals surface area (Å²) >= 11 is 0. The number of nitrogens with zero attached hydrogens (tertiary/aromatic N) is 1. The second-order valence-electron chi connectivity index (χ2n) is 12.2. The van der Waals surface area contributed by atoms with Gasteiger partial charge in [-0.3, -0.25) is 9.59 Å². The van der Waals surface area contributed by atoms with E-state index in [1.54, 1.807) is 7.11 Å². The molecule has 1 heterocycles. The summed E-state index contributed by atoms with van der Waals surface area (Å²) in [6.45, 7) is 6.54. The molecule has 0 unspecified atom stereocenters. The summed E-state index contributed by atoms with van der Waals surface area (Å²) in [5, 5.41) is 12.3. The van der Waals surface area contributed by atoms with Gasteiger partial charge in [0.25, 0.3) is 5.91 Å². The smallest absolute Gasteiger partial charge is 0.306 e. The van der Waals surface area contributed by atoms with Crippen molar-refractivity contribution in [1.29, 1.82) is 0 Å². The van der Waals surface area contributed by atoms with E-state index in [0.717, 1.165) is 23.1 Å². The number of hydrogen-bond donors (Lipinski definition) is 2. The highest BCUT2D eigenvalue weighted by Crippen LogP contribution is 2.49. The Balaban J connectivity index is 1.53. The van der Waals surface area contributed by atoms with Gasteiger partial charge in [0.1, 0.15) is 5.69 Å². The molecule has 3 fully saturated rings. The summed E-state index contributed by atoms with van der Waals surface area (Å²) in [5.74, 6) is -0.573. The van der Waals surface area contributed by atoms with Crippen molar-refractivity contribution in [2.75, 3.05) is 7.11 Å². The molecule has 6 heteroatoms. The lowest BCUT2D eigenvalue weighted by Crippen LogP contribution is -2.47. The predicted molar refractivity (Wildman–Crippen MR) is 140 cm³/mol. The highest BCUT2D eigenvalue weighted by atomic mass is 16.5. The summed E-state index contributed by atoms with van der Waals surface area (Å²) in [5.41, 5.74) is 6.44. The lowest BCUT2D eigenvalue weighted by molar-refractivity contribution is -0.145. The molecule has 1 aromatic carbocycles. The summed E-state index contributed by atoms with van der Waals surface area (Å²) < 4.78 is 7.94. The van der Waals surface area contributed by atoms with Crippen molar-refractivity contribution >= 4 is 11.9 Å². The van der Waals surface area contributed by atoms with Crippen LogP contribution in [0.4, 0.5) is 0 Å². The van der Waals surface area contributed by atoms with Crippen molar-refractivity contribution in [3.63, 3.8) is 0 Å². The third kappa shape index (κ3) is 4.60. The molecule has 0 radical (unpaired) electrons. The fourth-order valence-electron chi connectivity index (χ4n) is 5.60. The highest BCUT2D eigenvalue weighted by Gasteiger charge is 2.40. The van der Waals surface area contributed by atoms with Crippen LogP contribution < -0.4 is 5.32 Å². The molecular weight excluding hydrogens is 452 g/mol. The average Bonchev–Trinajstić information content (AvgIpc) is 3.45.